The van der Waals surface area contributed by atoms with Gasteiger partial charge in [-0.3, -0.25) is 4.79 Å². The molecule has 0 unspecified atom stereocenters. The Labute approximate surface area is 117 Å². The summed E-state index contributed by atoms with van der Waals surface area (Å²) < 4.78 is 0. The van der Waals surface area contributed by atoms with E-state index >= 15 is 0 Å². The Morgan fingerprint density at radius 3 is 2.89 bits per heavy atom. The highest BCUT2D eigenvalue weighted by molar-refractivity contribution is 7.16. The standard InChI is InChI=1S/C14H19N3OS/c1-8(2)6-11(16)13(18)17-14-10(7-15)9-4-3-5-12(9)19-14/h8,11H,3-6,16H2,1-2H3,(H,17,18)/t11-/m1/s1. The number of nitrogens with two attached hydrogens (primary N) is 1. The minimum atomic E-state index is -0.511. The Hall–Kier alpha value is -1.38. The summed E-state index contributed by atoms with van der Waals surface area (Å²) in [7, 11) is 0. The van der Waals surface area contributed by atoms with Gasteiger partial charge in [0, 0.05) is 4.88 Å². The third kappa shape index (κ3) is 2.96. The van der Waals surface area contributed by atoms with Gasteiger partial charge in [-0.15, -0.1) is 11.3 Å². The zero-order valence-corrected chi connectivity index (χ0v) is 12.1. The Morgan fingerprint density at radius 1 is 1.53 bits per heavy atom. The number of hydrogen-bond donors (Lipinski definition) is 2. The molecule has 1 atom stereocenters. The van der Waals surface area contributed by atoms with Crippen LogP contribution in [0.4, 0.5) is 5.00 Å². The normalized spacial score (nSPS) is 15.1. The van der Waals surface area contributed by atoms with E-state index in [2.05, 4.69) is 11.4 Å². The molecule has 0 saturated carbocycles. The van der Waals surface area contributed by atoms with E-state index in [-0.39, 0.29) is 5.91 Å². The minimum absolute atomic E-state index is 0.190. The van der Waals surface area contributed by atoms with Gasteiger partial charge in [0.05, 0.1) is 11.6 Å². The van der Waals surface area contributed by atoms with Gasteiger partial charge in [0.1, 0.15) is 11.1 Å². The second-order valence-electron chi connectivity index (χ2n) is 5.40. The molecule has 0 saturated heterocycles. The van der Waals surface area contributed by atoms with Crippen LogP contribution in [0, 0.1) is 17.2 Å². The molecular weight excluding hydrogens is 258 g/mol. The van der Waals surface area contributed by atoms with Gasteiger partial charge in [-0.2, -0.15) is 5.26 Å². The van der Waals surface area contributed by atoms with Crippen LogP contribution in [-0.4, -0.2) is 11.9 Å². The third-order valence-corrected chi connectivity index (χ3v) is 4.54. The molecule has 19 heavy (non-hydrogen) atoms. The van der Waals surface area contributed by atoms with Crippen molar-refractivity contribution in [2.24, 2.45) is 11.7 Å². The van der Waals surface area contributed by atoms with E-state index in [4.69, 9.17) is 5.73 Å². The Kier molecular flexibility index (Phi) is 4.23. The summed E-state index contributed by atoms with van der Waals surface area (Å²) >= 11 is 1.53. The van der Waals surface area contributed by atoms with Crippen molar-refractivity contribution in [1.29, 1.82) is 5.26 Å². The fraction of sp³-hybridized carbons (Fsp3) is 0.571. The van der Waals surface area contributed by atoms with Gasteiger partial charge in [-0.25, -0.2) is 0 Å². The van der Waals surface area contributed by atoms with Crippen molar-refractivity contribution in [1.82, 2.24) is 0 Å². The molecule has 0 aromatic carbocycles. The maximum atomic E-state index is 12.0. The van der Waals surface area contributed by atoms with Crippen molar-refractivity contribution in [3.05, 3.63) is 16.0 Å². The summed E-state index contributed by atoms with van der Waals surface area (Å²) in [5.74, 6) is 0.189. The van der Waals surface area contributed by atoms with Crippen LogP contribution in [0.5, 0.6) is 0 Å². The molecule has 0 fully saturated rings. The van der Waals surface area contributed by atoms with Crippen molar-refractivity contribution < 1.29 is 4.79 Å². The molecule has 5 heteroatoms. The van der Waals surface area contributed by atoms with E-state index < -0.39 is 6.04 Å². The number of nitrogens with one attached hydrogen (secondary N) is 1. The van der Waals surface area contributed by atoms with E-state index in [0.717, 1.165) is 24.8 Å². The van der Waals surface area contributed by atoms with Crippen molar-refractivity contribution in [2.45, 2.75) is 45.6 Å². The van der Waals surface area contributed by atoms with Gasteiger partial charge in [0.2, 0.25) is 5.91 Å². The van der Waals surface area contributed by atoms with Crippen LogP contribution >= 0.6 is 11.3 Å². The quantitative estimate of drug-likeness (QED) is 0.887. The molecule has 1 aromatic heterocycles. The zero-order chi connectivity index (χ0) is 14.0. The van der Waals surface area contributed by atoms with E-state index in [1.807, 2.05) is 13.8 Å². The summed E-state index contributed by atoms with van der Waals surface area (Å²) in [5.41, 5.74) is 7.63. The molecule has 2 rings (SSSR count). The van der Waals surface area contributed by atoms with Gasteiger partial charge in [0.15, 0.2) is 0 Å². The SMILES string of the molecule is CC(C)C[C@@H](N)C(=O)Nc1sc2c(c1C#N)CCC2. The topological polar surface area (TPSA) is 78.9 Å². The predicted octanol–water partition coefficient (Wildman–Crippen LogP) is 2.42. The molecule has 1 heterocycles. The van der Waals surface area contributed by atoms with E-state index in [1.165, 1.54) is 16.2 Å². The lowest BCUT2D eigenvalue weighted by Crippen LogP contribution is -2.36. The van der Waals surface area contributed by atoms with Gasteiger partial charge in [-0.05, 0) is 37.2 Å². The highest BCUT2D eigenvalue weighted by Crippen LogP contribution is 2.38. The Bertz CT molecular complexity index is 528. The minimum Gasteiger partial charge on any atom is -0.320 e. The molecule has 3 N–H and O–H groups in total. The molecule has 1 amide bonds. The lowest BCUT2D eigenvalue weighted by Gasteiger charge is -2.13. The number of nitriles is 1. The van der Waals surface area contributed by atoms with Crippen LogP contribution in [-0.2, 0) is 17.6 Å². The number of amides is 1. The first kappa shape index (κ1) is 14.0. The number of aryl methyl sites for hydroxylation is 1. The summed E-state index contributed by atoms with van der Waals surface area (Å²) in [4.78, 5) is 13.2. The molecule has 0 spiro atoms. The van der Waals surface area contributed by atoms with Crippen molar-refractivity contribution in [2.75, 3.05) is 5.32 Å². The van der Waals surface area contributed by atoms with Gasteiger partial charge in [0.25, 0.3) is 0 Å². The number of fused-ring (bicyclic) bond motifs is 1. The van der Waals surface area contributed by atoms with Gasteiger partial charge in [-0.1, -0.05) is 13.8 Å². The number of hydrogen-bond acceptors (Lipinski definition) is 4. The van der Waals surface area contributed by atoms with Crippen LogP contribution in [0.2, 0.25) is 0 Å². The molecule has 4 nitrogen and oxygen atoms in total. The molecule has 102 valence electrons. The highest BCUT2D eigenvalue weighted by Gasteiger charge is 2.24. The summed E-state index contributed by atoms with van der Waals surface area (Å²) in [6.45, 7) is 4.07. The van der Waals surface area contributed by atoms with Gasteiger partial charge >= 0.3 is 0 Å². The molecule has 0 aliphatic heterocycles. The first-order valence-electron chi connectivity index (χ1n) is 6.64. The fourth-order valence-electron chi connectivity index (χ4n) is 2.43. The first-order chi connectivity index (χ1) is 9.02. The second kappa shape index (κ2) is 5.72. The van der Waals surface area contributed by atoms with Crippen molar-refractivity contribution in [3.8, 4) is 6.07 Å². The average molecular weight is 277 g/mol. The lowest BCUT2D eigenvalue weighted by molar-refractivity contribution is -0.117. The number of carbonyl (C=O) groups excluding carboxylic acids is 1. The molecule has 0 bridgehead atoms. The van der Waals surface area contributed by atoms with Gasteiger partial charge < -0.3 is 11.1 Å². The summed E-state index contributed by atoms with van der Waals surface area (Å²) in [5, 5.41) is 12.7. The number of nitrogens with zero attached hydrogens (tertiary/aromatic N) is 1. The third-order valence-electron chi connectivity index (χ3n) is 3.33. The lowest BCUT2D eigenvalue weighted by atomic mass is 10.0. The van der Waals surface area contributed by atoms with Crippen LogP contribution in [0.1, 0.15) is 42.7 Å². The Morgan fingerprint density at radius 2 is 2.26 bits per heavy atom. The van der Waals surface area contributed by atoms with Crippen LogP contribution < -0.4 is 11.1 Å². The zero-order valence-electron chi connectivity index (χ0n) is 11.3. The molecule has 0 radical (unpaired) electrons. The first-order valence-corrected chi connectivity index (χ1v) is 7.45. The predicted molar refractivity (Wildman–Crippen MR) is 77.1 cm³/mol. The highest BCUT2D eigenvalue weighted by atomic mass is 32.1. The molecule has 1 aliphatic carbocycles. The smallest absolute Gasteiger partial charge is 0.241 e. The number of rotatable bonds is 4. The molecular formula is C14H19N3OS. The van der Waals surface area contributed by atoms with E-state index in [1.54, 1.807) is 0 Å². The molecule has 1 aliphatic rings. The number of carbonyl (C=O) groups is 1. The summed E-state index contributed by atoms with van der Waals surface area (Å²) in [6, 6.07) is 1.71. The summed E-state index contributed by atoms with van der Waals surface area (Å²) in [6.07, 6.45) is 3.72. The fourth-order valence-corrected chi connectivity index (χ4v) is 3.67. The Balaban J connectivity index is 2.12. The van der Waals surface area contributed by atoms with Crippen LogP contribution in [0.15, 0.2) is 0 Å². The second-order valence-corrected chi connectivity index (χ2v) is 6.50. The largest absolute Gasteiger partial charge is 0.320 e. The maximum Gasteiger partial charge on any atom is 0.241 e. The van der Waals surface area contributed by atoms with Crippen LogP contribution in [0.25, 0.3) is 0 Å². The van der Waals surface area contributed by atoms with Crippen LogP contribution in [0.3, 0.4) is 0 Å². The monoisotopic (exact) mass is 277 g/mol. The number of anilines is 1. The molecule has 1 aromatic rings. The van der Waals surface area contributed by atoms with Crippen molar-refractivity contribution >= 4 is 22.2 Å². The van der Waals surface area contributed by atoms with E-state index in [9.17, 15) is 10.1 Å². The maximum absolute atomic E-state index is 12.0. The van der Waals surface area contributed by atoms with E-state index in [0.29, 0.717) is 22.9 Å². The average Bonchev–Trinajstić information content (AvgIpc) is 2.87. The number of thiophene rings is 1. The van der Waals surface area contributed by atoms with Crippen molar-refractivity contribution in [3.63, 3.8) is 0 Å².